The number of carbonyl (C=O) groups is 1. The van der Waals surface area contributed by atoms with E-state index in [9.17, 15) is 4.79 Å². The molecule has 0 aromatic heterocycles. The summed E-state index contributed by atoms with van der Waals surface area (Å²) in [6, 6.07) is 9.47. The quantitative estimate of drug-likeness (QED) is 0.856. The molecular formula is C19H28N2O2. The molecule has 2 heterocycles. The van der Waals surface area contributed by atoms with Crippen molar-refractivity contribution in [1.29, 1.82) is 0 Å². The molecule has 0 N–H and O–H groups in total. The number of hydrogen-bond donors (Lipinski definition) is 0. The van der Waals surface area contributed by atoms with Crippen LogP contribution in [0.5, 0.6) is 0 Å². The number of ether oxygens (including phenoxy) is 1. The number of benzene rings is 1. The fourth-order valence-electron chi connectivity index (χ4n) is 3.78. The number of nitrogens with zero attached hydrogens (tertiary/aromatic N) is 2. The Morgan fingerprint density at radius 3 is 2.91 bits per heavy atom. The minimum atomic E-state index is -0.179. The second-order valence-electron chi connectivity index (χ2n) is 7.26. The Balaban J connectivity index is 1.68. The molecule has 0 spiro atoms. The Morgan fingerprint density at radius 2 is 2.13 bits per heavy atom. The molecule has 0 radical (unpaired) electrons. The van der Waals surface area contributed by atoms with Crippen LogP contribution in [0.2, 0.25) is 0 Å². The molecule has 1 aromatic rings. The highest BCUT2D eigenvalue weighted by Crippen LogP contribution is 2.37. The number of rotatable bonds is 3. The van der Waals surface area contributed by atoms with Crippen LogP contribution in [0.1, 0.15) is 43.9 Å². The summed E-state index contributed by atoms with van der Waals surface area (Å²) in [4.78, 5) is 16.6. The van der Waals surface area contributed by atoms with Crippen LogP contribution < -0.4 is 0 Å². The van der Waals surface area contributed by atoms with E-state index in [2.05, 4.69) is 43.0 Å². The third-order valence-electron chi connectivity index (χ3n) is 5.14. The van der Waals surface area contributed by atoms with Gasteiger partial charge in [0, 0.05) is 32.2 Å². The summed E-state index contributed by atoms with van der Waals surface area (Å²) >= 11 is 0. The predicted octanol–water partition coefficient (Wildman–Crippen LogP) is 3.47. The van der Waals surface area contributed by atoms with Crippen LogP contribution in [0.3, 0.4) is 0 Å². The second kappa shape index (κ2) is 6.91. The number of fused-ring (bicyclic) bond motifs is 3. The Morgan fingerprint density at radius 1 is 1.35 bits per heavy atom. The summed E-state index contributed by atoms with van der Waals surface area (Å²) in [5, 5.41) is 0. The Labute approximate surface area is 139 Å². The van der Waals surface area contributed by atoms with Crippen molar-refractivity contribution in [3.63, 3.8) is 0 Å². The van der Waals surface area contributed by atoms with Gasteiger partial charge in [0.1, 0.15) is 0 Å². The van der Waals surface area contributed by atoms with Crippen LogP contribution in [0, 0.1) is 5.92 Å². The third-order valence-corrected chi connectivity index (χ3v) is 5.14. The summed E-state index contributed by atoms with van der Waals surface area (Å²) in [5.41, 5.74) is 2.92. The van der Waals surface area contributed by atoms with E-state index in [0.29, 0.717) is 18.6 Å². The van der Waals surface area contributed by atoms with Gasteiger partial charge in [-0.25, -0.2) is 4.79 Å². The van der Waals surface area contributed by atoms with Crippen molar-refractivity contribution in [3.05, 3.63) is 35.4 Å². The van der Waals surface area contributed by atoms with Crippen molar-refractivity contribution in [3.8, 4) is 0 Å². The van der Waals surface area contributed by atoms with E-state index in [1.807, 2.05) is 11.9 Å². The molecule has 4 nitrogen and oxygen atoms in total. The topological polar surface area (TPSA) is 32.8 Å². The maximum absolute atomic E-state index is 12.2. The van der Waals surface area contributed by atoms with Gasteiger partial charge in [-0.15, -0.1) is 0 Å². The lowest BCUT2D eigenvalue weighted by Gasteiger charge is -2.45. The molecule has 1 amide bonds. The minimum Gasteiger partial charge on any atom is -0.449 e. The average Bonchev–Trinajstić information content (AvgIpc) is 2.58. The molecule has 4 heteroatoms. The number of amides is 1. The normalized spacial score (nSPS) is 24.0. The second-order valence-corrected chi connectivity index (χ2v) is 7.26. The van der Waals surface area contributed by atoms with Crippen LogP contribution in [0.25, 0.3) is 0 Å². The van der Waals surface area contributed by atoms with Crippen molar-refractivity contribution in [1.82, 2.24) is 9.80 Å². The number of carbonyl (C=O) groups excluding carboxylic acids is 1. The van der Waals surface area contributed by atoms with Crippen LogP contribution >= 0.6 is 0 Å². The zero-order valence-electron chi connectivity index (χ0n) is 14.5. The fraction of sp³-hybridized carbons (Fsp3) is 0.632. The van der Waals surface area contributed by atoms with Crippen molar-refractivity contribution in [2.75, 3.05) is 26.7 Å². The van der Waals surface area contributed by atoms with Gasteiger partial charge >= 0.3 is 6.09 Å². The predicted molar refractivity (Wildman–Crippen MR) is 91.4 cm³/mol. The van der Waals surface area contributed by atoms with E-state index in [-0.39, 0.29) is 12.1 Å². The van der Waals surface area contributed by atoms with Crippen molar-refractivity contribution >= 4 is 6.09 Å². The summed E-state index contributed by atoms with van der Waals surface area (Å²) in [6.07, 6.45) is 3.00. The highest BCUT2D eigenvalue weighted by Gasteiger charge is 2.36. The van der Waals surface area contributed by atoms with Gasteiger partial charge in [0.15, 0.2) is 0 Å². The van der Waals surface area contributed by atoms with Crippen LogP contribution in [-0.4, -0.2) is 48.7 Å². The smallest absolute Gasteiger partial charge is 0.409 e. The van der Waals surface area contributed by atoms with Gasteiger partial charge in [-0.1, -0.05) is 38.1 Å². The van der Waals surface area contributed by atoms with Crippen LogP contribution in [-0.2, 0) is 11.2 Å². The molecule has 1 fully saturated rings. The van der Waals surface area contributed by atoms with Crippen LogP contribution in [0.15, 0.2) is 24.3 Å². The summed E-state index contributed by atoms with van der Waals surface area (Å²) in [7, 11) is 1.89. The number of hydrogen-bond acceptors (Lipinski definition) is 3. The Kier molecular flexibility index (Phi) is 4.90. The SMILES string of the molecule is CC(C)COC(=O)N(C)[C@@H]1CCN2CCc3ccccc3[C@@H]2C1. The largest absolute Gasteiger partial charge is 0.449 e. The van der Waals surface area contributed by atoms with Gasteiger partial charge in [-0.2, -0.15) is 0 Å². The summed E-state index contributed by atoms with van der Waals surface area (Å²) < 4.78 is 5.40. The first kappa shape index (κ1) is 16.3. The maximum Gasteiger partial charge on any atom is 0.409 e. The molecule has 3 rings (SSSR count). The lowest BCUT2D eigenvalue weighted by molar-refractivity contribution is 0.0486. The first-order valence-corrected chi connectivity index (χ1v) is 8.77. The highest BCUT2D eigenvalue weighted by atomic mass is 16.6. The van der Waals surface area contributed by atoms with Gasteiger partial charge in [0.25, 0.3) is 0 Å². The van der Waals surface area contributed by atoms with Gasteiger partial charge in [-0.05, 0) is 36.3 Å². The lowest BCUT2D eigenvalue weighted by atomic mass is 9.85. The summed E-state index contributed by atoms with van der Waals surface area (Å²) in [6.45, 7) is 6.81. The first-order valence-electron chi connectivity index (χ1n) is 8.77. The summed E-state index contributed by atoms with van der Waals surface area (Å²) in [5.74, 6) is 0.374. The molecular weight excluding hydrogens is 288 g/mol. The van der Waals surface area contributed by atoms with Gasteiger partial charge in [0.2, 0.25) is 0 Å². The van der Waals surface area contributed by atoms with E-state index < -0.39 is 0 Å². The maximum atomic E-state index is 12.2. The molecule has 0 unspecified atom stereocenters. The third kappa shape index (κ3) is 3.52. The monoisotopic (exact) mass is 316 g/mol. The molecule has 0 bridgehead atoms. The zero-order valence-corrected chi connectivity index (χ0v) is 14.5. The average molecular weight is 316 g/mol. The fourth-order valence-corrected chi connectivity index (χ4v) is 3.78. The van der Waals surface area contributed by atoms with Crippen molar-refractivity contribution in [2.45, 2.75) is 45.2 Å². The van der Waals surface area contributed by atoms with Crippen molar-refractivity contribution in [2.24, 2.45) is 5.92 Å². The highest BCUT2D eigenvalue weighted by molar-refractivity contribution is 5.67. The van der Waals surface area contributed by atoms with Gasteiger partial charge < -0.3 is 9.64 Å². The first-order chi connectivity index (χ1) is 11.1. The molecule has 2 atom stereocenters. The van der Waals surface area contributed by atoms with E-state index in [1.165, 1.54) is 11.1 Å². The molecule has 23 heavy (non-hydrogen) atoms. The van der Waals surface area contributed by atoms with Crippen LogP contribution in [0.4, 0.5) is 4.79 Å². The van der Waals surface area contributed by atoms with Gasteiger partial charge in [0.05, 0.1) is 6.61 Å². The molecule has 2 aliphatic rings. The molecule has 0 saturated carbocycles. The molecule has 126 valence electrons. The lowest BCUT2D eigenvalue weighted by Crippen LogP contribution is -2.49. The van der Waals surface area contributed by atoms with E-state index in [4.69, 9.17) is 4.74 Å². The molecule has 1 saturated heterocycles. The Hall–Kier alpha value is -1.55. The molecule has 0 aliphatic carbocycles. The van der Waals surface area contributed by atoms with Gasteiger partial charge in [-0.3, -0.25) is 4.90 Å². The Bertz CT molecular complexity index is 558. The minimum absolute atomic E-state index is 0.179. The molecule has 2 aliphatic heterocycles. The molecule has 1 aromatic carbocycles. The van der Waals surface area contributed by atoms with E-state index in [1.54, 1.807) is 0 Å². The zero-order chi connectivity index (χ0) is 16.4. The standard InChI is InChI=1S/C19H28N2O2/c1-14(2)13-23-19(22)20(3)16-9-11-21-10-8-15-6-4-5-7-17(15)18(21)12-16/h4-7,14,16,18H,8-13H2,1-3H3/t16-,18+/m1/s1. The van der Waals surface area contributed by atoms with E-state index >= 15 is 0 Å². The number of piperidine rings is 1. The van der Waals surface area contributed by atoms with E-state index in [0.717, 1.165) is 32.4 Å². The van der Waals surface area contributed by atoms with Crippen molar-refractivity contribution < 1.29 is 9.53 Å².